The molecule has 0 radical (unpaired) electrons. The van der Waals surface area contributed by atoms with Crippen molar-refractivity contribution in [3.8, 4) is 11.5 Å². The van der Waals surface area contributed by atoms with E-state index in [4.69, 9.17) is 14.2 Å². The summed E-state index contributed by atoms with van der Waals surface area (Å²) >= 11 is 3.61. The van der Waals surface area contributed by atoms with Crippen LogP contribution in [0.3, 0.4) is 0 Å². The molecule has 1 aliphatic rings. The van der Waals surface area contributed by atoms with E-state index in [1.54, 1.807) is 11.8 Å². The van der Waals surface area contributed by atoms with Gasteiger partial charge in [0, 0.05) is 20.8 Å². The molecule has 6 nitrogen and oxygen atoms in total. The second kappa shape index (κ2) is 10.3. The number of halogens is 1. The first-order valence-electron chi connectivity index (χ1n) is 11.9. The average Bonchev–Trinajstić information content (AvgIpc) is 3.12. The van der Waals surface area contributed by atoms with E-state index in [-0.39, 0.29) is 30.5 Å². The van der Waals surface area contributed by atoms with Crippen molar-refractivity contribution in [2.24, 2.45) is 0 Å². The van der Waals surface area contributed by atoms with Crippen LogP contribution in [0.15, 0.2) is 46.9 Å². The smallest absolute Gasteiger partial charge is 0.310 e. The number of esters is 1. The molecule has 0 aliphatic carbocycles. The molecule has 1 heterocycles. The van der Waals surface area contributed by atoms with Gasteiger partial charge in [0.1, 0.15) is 11.5 Å². The lowest BCUT2D eigenvalue weighted by molar-refractivity contribution is -0.142. The van der Waals surface area contributed by atoms with Gasteiger partial charge >= 0.3 is 5.97 Å². The van der Waals surface area contributed by atoms with Gasteiger partial charge in [0.15, 0.2) is 0 Å². The van der Waals surface area contributed by atoms with Crippen LogP contribution in [-0.4, -0.2) is 30.7 Å². The second-order valence-electron chi connectivity index (χ2n) is 9.05. The molecule has 1 aliphatic heterocycles. The Labute approximate surface area is 214 Å². The van der Waals surface area contributed by atoms with Crippen molar-refractivity contribution in [3.63, 3.8) is 0 Å². The fraction of sp³-hybridized carbons (Fsp3) is 0.357. The Hall–Kier alpha value is -3.06. The molecule has 0 aromatic heterocycles. The molecule has 0 atom stereocenters. The molecule has 0 fully saturated rings. The normalized spacial score (nSPS) is 13.0. The molecule has 0 unspecified atom stereocenters. The number of anilines is 1. The summed E-state index contributed by atoms with van der Waals surface area (Å²) in [7, 11) is 0. The van der Waals surface area contributed by atoms with Crippen molar-refractivity contribution in [1.29, 1.82) is 0 Å². The van der Waals surface area contributed by atoms with Crippen molar-refractivity contribution >= 4 is 44.3 Å². The van der Waals surface area contributed by atoms with Crippen LogP contribution in [0.4, 0.5) is 5.69 Å². The molecule has 0 saturated carbocycles. The van der Waals surface area contributed by atoms with Gasteiger partial charge in [0.05, 0.1) is 43.0 Å². The number of fused-ring (bicyclic) bond motifs is 2. The fourth-order valence-electron chi connectivity index (χ4n) is 4.35. The number of nitrogens with zero attached hydrogens (tertiary/aromatic N) is 1. The van der Waals surface area contributed by atoms with Crippen molar-refractivity contribution in [2.45, 2.75) is 59.8 Å². The Morgan fingerprint density at radius 1 is 1.00 bits per heavy atom. The first kappa shape index (κ1) is 25.0. The summed E-state index contributed by atoms with van der Waals surface area (Å²) in [6, 6.07) is 13.4. The Kier molecular flexibility index (Phi) is 7.36. The number of ether oxygens (including phenoxy) is 3. The highest BCUT2D eigenvalue weighted by atomic mass is 79.9. The van der Waals surface area contributed by atoms with Gasteiger partial charge in [-0.1, -0.05) is 30.3 Å². The van der Waals surface area contributed by atoms with E-state index in [9.17, 15) is 9.59 Å². The third kappa shape index (κ3) is 5.01. The molecule has 0 bridgehead atoms. The van der Waals surface area contributed by atoms with Crippen LogP contribution in [0.2, 0.25) is 0 Å². The third-order valence-electron chi connectivity index (χ3n) is 5.66. The zero-order valence-corrected chi connectivity index (χ0v) is 22.3. The van der Waals surface area contributed by atoms with Crippen molar-refractivity contribution in [3.05, 3.63) is 63.6 Å². The highest BCUT2D eigenvalue weighted by Gasteiger charge is 2.38. The third-order valence-corrected chi connectivity index (χ3v) is 6.29. The van der Waals surface area contributed by atoms with Gasteiger partial charge in [0.2, 0.25) is 0 Å². The average molecular weight is 540 g/mol. The minimum atomic E-state index is -0.283. The van der Waals surface area contributed by atoms with Crippen LogP contribution >= 0.6 is 15.9 Å². The number of hydrogen-bond acceptors (Lipinski definition) is 5. The monoisotopic (exact) mass is 539 g/mol. The van der Waals surface area contributed by atoms with Crippen LogP contribution in [0.1, 0.15) is 56.1 Å². The maximum atomic E-state index is 13.9. The first-order chi connectivity index (χ1) is 16.7. The predicted molar refractivity (Wildman–Crippen MR) is 140 cm³/mol. The molecule has 0 spiro atoms. The molecular formula is C28H30BrNO5. The van der Waals surface area contributed by atoms with E-state index >= 15 is 0 Å². The molecule has 3 aromatic carbocycles. The van der Waals surface area contributed by atoms with Gasteiger partial charge in [-0.15, -0.1) is 0 Å². The van der Waals surface area contributed by atoms with Gasteiger partial charge in [-0.3, -0.25) is 9.59 Å². The van der Waals surface area contributed by atoms with Crippen LogP contribution in [0, 0.1) is 0 Å². The zero-order valence-electron chi connectivity index (χ0n) is 20.7. The summed E-state index contributed by atoms with van der Waals surface area (Å²) in [5.41, 5.74) is 2.88. The first-order valence-corrected chi connectivity index (χ1v) is 12.7. The highest BCUT2D eigenvalue weighted by molar-refractivity contribution is 9.10. The lowest BCUT2D eigenvalue weighted by Crippen LogP contribution is -2.24. The van der Waals surface area contributed by atoms with Gasteiger partial charge < -0.3 is 19.1 Å². The summed E-state index contributed by atoms with van der Waals surface area (Å²) in [5.74, 6) is 0.875. The maximum Gasteiger partial charge on any atom is 0.310 e. The number of amides is 1. The zero-order chi connectivity index (χ0) is 25.3. The van der Waals surface area contributed by atoms with E-state index in [0.29, 0.717) is 35.9 Å². The molecule has 35 heavy (non-hydrogen) atoms. The highest BCUT2D eigenvalue weighted by Crippen LogP contribution is 2.47. The Morgan fingerprint density at radius 3 is 2.23 bits per heavy atom. The minimum Gasteiger partial charge on any atom is -0.490 e. The minimum absolute atomic E-state index is 0.0579. The Morgan fingerprint density at radius 2 is 1.63 bits per heavy atom. The molecule has 3 aromatic rings. The van der Waals surface area contributed by atoms with Crippen molar-refractivity contribution in [2.75, 3.05) is 11.5 Å². The number of carbonyl (C=O) groups is 2. The number of carbonyl (C=O) groups excluding carboxylic acids is 2. The fourth-order valence-corrected chi connectivity index (χ4v) is 4.99. The SMILES string of the molecule is CCOC(=O)Cc1ccc(N2Cc3c(c(OC(C)C)c4ccccc4c3OC(C)C)C2=O)c(Br)c1. The van der Waals surface area contributed by atoms with Gasteiger partial charge in [-0.05, 0) is 68.2 Å². The lowest BCUT2D eigenvalue weighted by Gasteiger charge is -2.20. The van der Waals surface area contributed by atoms with Crippen LogP contribution < -0.4 is 14.4 Å². The summed E-state index contributed by atoms with van der Waals surface area (Å²) in [6.45, 7) is 10.3. The van der Waals surface area contributed by atoms with Crippen LogP contribution in [0.5, 0.6) is 11.5 Å². The molecule has 0 saturated heterocycles. The van der Waals surface area contributed by atoms with Gasteiger partial charge in [-0.25, -0.2) is 0 Å². The molecule has 4 rings (SSSR count). The van der Waals surface area contributed by atoms with Gasteiger partial charge in [0.25, 0.3) is 5.91 Å². The number of benzene rings is 3. The molecule has 184 valence electrons. The summed E-state index contributed by atoms with van der Waals surface area (Å²) in [4.78, 5) is 27.5. The molecule has 7 heteroatoms. The quantitative estimate of drug-likeness (QED) is 0.308. The summed E-state index contributed by atoms with van der Waals surface area (Å²) in [6.07, 6.45) is 0.0120. The summed E-state index contributed by atoms with van der Waals surface area (Å²) in [5, 5.41) is 1.78. The maximum absolute atomic E-state index is 13.9. The van der Waals surface area contributed by atoms with Gasteiger partial charge in [-0.2, -0.15) is 0 Å². The molecular weight excluding hydrogens is 510 g/mol. The van der Waals surface area contributed by atoms with Crippen molar-refractivity contribution in [1.82, 2.24) is 0 Å². The topological polar surface area (TPSA) is 65.1 Å². The van der Waals surface area contributed by atoms with E-state index in [2.05, 4.69) is 15.9 Å². The Bertz CT molecular complexity index is 1280. The molecule has 1 amide bonds. The van der Waals surface area contributed by atoms with Crippen molar-refractivity contribution < 1.29 is 23.8 Å². The second-order valence-corrected chi connectivity index (χ2v) is 9.90. The predicted octanol–water partition coefficient (Wildman–Crippen LogP) is 6.44. The number of hydrogen-bond donors (Lipinski definition) is 0. The molecule has 0 N–H and O–H groups in total. The lowest BCUT2D eigenvalue weighted by atomic mass is 9.99. The standard InChI is InChI=1S/C28H30BrNO5/c1-6-33-24(31)14-18-11-12-23(22(29)13-18)30-15-21-25(28(30)32)27(35-17(4)5)20-10-8-7-9-19(20)26(21)34-16(2)3/h7-13,16-17H,6,14-15H2,1-5H3. The number of rotatable bonds is 8. The van der Waals surface area contributed by atoms with E-state index in [1.165, 1.54) is 0 Å². The summed E-state index contributed by atoms with van der Waals surface area (Å²) < 4.78 is 18.3. The van der Waals surface area contributed by atoms with Crippen LogP contribution in [0.25, 0.3) is 10.8 Å². The largest absolute Gasteiger partial charge is 0.490 e. The van der Waals surface area contributed by atoms with E-state index in [0.717, 1.165) is 26.4 Å². The Balaban J connectivity index is 1.81. The van der Waals surface area contributed by atoms with E-state index in [1.807, 2.05) is 70.2 Å². The van der Waals surface area contributed by atoms with Crippen LogP contribution in [-0.2, 0) is 22.5 Å². The van der Waals surface area contributed by atoms with E-state index < -0.39 is 0 Å².